The molecule has 0 amide bonds. The number of ether oxygens (including phenoxy) is 1. The third-order valence-corrected chi connectivity index (χ3v) is 5.76. The number of fused-ring (bicyclic) bond motifs is 1. The van der Waals surface area contributed by atoms with E-state index in [1.54, 1.807) is 19.1 Å². The number of carbonyl (C=O) groups excluding carboxylic acids is 1. The van der Waals surface area contributed by atoms with Crippen molar-refractivity contribution in [1.82, 2.24) is 4.98 Å². The first-order valence-corrected chi connectivity index (χ1v) is 10.3. The number of rotatable bonds is 4. The number of halogens is 1. The predicted octanol–water partition coefficient (Wildman–Crippen LogP) is 5.54. The van der Waals surface area contributed by atoms with Crippen molar-refractivity contribution < 1.29 is 13.9 Å². The second-order valence-electron chi connectivity index (χ2n) is 6.65. The summed E-state index contributed by atoms with van der Waals surface area (Å²) in [6.07, 6.45) is 0. The Hall–Kier alpha value is -3.16. The minimum absolute atomic E-state index is 0.421. The van der Waals surface area contributed by atoms with Gasteiger partial charge in [0, 0.05) is 22.0 Å². The van der Waals surface area contributed by atoms with Crippen molar-refractivity contribution in [2.75, 3.05) is 12.5 Å². The van der Waals surface area contributed by atoms with Crippen LogP contribution in [0.3, 0.4) is 0 Å². The van der Waals surface area contributed by atoms with E-state index >= 15 is 0 Å². The van der Waals surface area contributed by atoms with Crippen LogP contribution in [-0.2, 0) is 4.74 Å². The van der Waals surface area contributed by atoms with Crippen molar-refractivity contribution in [3.8, 4) is 11.3 Å². The van der Waals surface area contributed by atoms with Crippen LogP contribution in [-0.4, -0.2) is 18.1 Å². The lowest BCUT2D eigenvalue weighted by molar-refractivity contribution is 0.0605. The average Bonchev–Trinajstić information content (AvgIpc) is 3.12. The molecular weight excluding hydrogens is 422 g/mol. The fourth-order valence-corrected chi connectivity index (χ4v) is 3.93. The number of thiazole rings is 1. The van der Waals surface area contributed by atoms with Crippen LogP contribution in [0, 0.1) is 13.8 Å². The van der Waals surface area contributed by atoms with E-state index in [9.17, 15) is 4.79 Å². The summed E-state index contributed by atoms with van der Waals surface area (Å²) >= 11 is 7.37. The number of nitrogens with one attached hydrogen (secondary N) is 1. The number of hydrogen-bond donors (Lipinski definition) is 1. The summed E-state index contributed by atoms with van der Waals surface area (Å²) in [6, 6.07) is 15.3. The molecule has 1 N–H and O–H groups in total. The van der Waals surface area contributed by atoms with Gasteiger partial charge in [-0.1, -0.05) is 52.8 Å². The molecule has 4 rings (SSSR count). The number of nitrogens with zero attached hydrogens (tertiary/aromatic N) is 2. The van der Waals surface area contributed by atoms with Gasteiger partial charge in [-0.25, -0.2) is 9.78 Å². The molecule has 0 radical (unpaired) electrons. The third-order valence-electron chi connectivity index (χ3n) is 4.48. The topological polar surface area (TPSA) is 76.7 Å². The molecule has 2 aromatic carbocycles. The molecule has 6 nitrogen and oxygen atoms in total. The minimum Gasteiger partial charge on any atom is -0.465 e. The Morgan fingerprint density at radius 2 is 1.93 bits per heavy atom. The highest BCUT2D eigenvalue weighted by atomic mass is 35.5. The molecule has 0 unspecified atom stereocenters. The zero-order valence-corrected chi connectivity index (χ0v) is 18.1. The molecule has 30 heavy (non-hydrogen) atoms. The lowest BCUT2D eigenvalue weighted by atomic mass is 10.1. The van der Waals surface area contributed by atoms with Crippen LogP contribution >= 0.6 is 22.9 Å². The van der Waals surface area contributed by atoms with Crippen LogP contribution in [0.4, 0.5) is 5.13 Å². The Kier molecular flexibility index (Phi) is 5.57. The molecule has 0 saturated carbocycles. The Balaban J connectivity index is 1.81. The quantitative estimate of drug-likeness (QED) is 0.333. The van der Waals surface area contributed by atoms with Crippen molar-refractivity contribution in [3.63, 3.8) is 0 Å². The molecule has 2 aromatic heterocycles. The summed E-state index contributed by atoms with van der Waals surface area (Å²) in [5.41, 5.74) is 6.28. The standard InChI is InChI=1S/C22H18ClN3O3S/c1-12-4-6-14(7-5-12)19-11-17(16-10-15(23)8-9-18(16)29-19)25-26-22-24-13(2)20(30-22)21(27)28-3/h4-11H,1-3H3,(H,24,26). The summed E-state index contributed by atoms with van der Waals surface area (Å²) in [4.78, 5) is 16.6. The number of carbonyl (C=O) groups is 1. The highest BCUT2D eigenvalue weighted by molar-refractivity contribution is 7.17. The Morgan fingerprint density at radius 3 is 2.67 bits per heavy atom. The molecule has 0 aliphatic carbocycles. The SMILES string of the molecule is COC(=O)c1sc(NN=c2cc(-c3ccc(C)cc3)oc3ccc(Cl)cc23)nc1C. The lowest BCUT2D eigenvalue weighted by Crippen LogP contribution is -2.07. The molecular formula is C22H18ClN3O3S. The first-order valence-electron chi connectivity index (χ1n) is 9.10. The molecule has 0 aliphatic heterocycles. The summed E-state index contributed by atoms with van der Waals surface area (Å²) in [5.74, 6) is 0.256. The summed E-state index contributed by atoms with van der Waals surface area (Å²) < 4.78 is 10.9. The number of aryl methyl sites for hydroxylation is 2. The maximum Gasteiger partial charge on any atom is 0.350 e. The van der Waals surface area contributed by atoms with Gasteiger partial charge in [-0.15, -0.1) is 0 Å². The van der Waals surface area contributed by atoms with Crippen LogP contribution in [0.25, 0.3) is 22.3 Å². The first kappa shape index (κ1) is 20.1. The molecule has 0 bridgehead atoms. The van der Waals surface area contributed by atoms with Crippen molar-refractivity contribution in [2.24, 2.45) is 5.10 Å². The molecule has 0 fully saturated rings. The van der Waals surface area contributed by atoms with Gasteiger partial charge < -0.3 is 9.15 Å². The highest BCUT2D eigenvalue weighted by Crippen LogP contribution is 2.25. The van der Waals surface area contributed by atoms with E-state index in [1.165, 1.54) is 24.0 Å². The van der Waals surface area contributed by atoms with E-state index in [0.717, 1.165) is 10.9 Å². The van der Waals surface area contributed by atoms with E-state index in [4.69, 9.17) is 20.8 Å². The van der Waals surface area contributed by atoms with Gasteiger partial charge in [0.2, 0.25) is 5.13 Å². The smallest absolute Gasteiger partial charge is 0.350 e. The van der Waals surface area contributed by atoms with Gasteiger partial charge in [-0.3, -0.25) is 5.43 Å². The average molecular weight is 440 g/mol. The van der Waals surface area contributed by atoms with E-state index in [-0.39, 0.29) is 0 Å². The minimum atomic E-state index is -0.421. The van der Waals surface area contributed by atoms with E-state index < -0.39 is 5.97 Å². The zero-order valence-electron chi connectivity index (χ0n) is 16.5. The monoisotopic (exact) mass is 439 g/mol. The number of aromatic nitrogens is 1. The summed E-state index contributed by atoms with van der Waals surface area (Å²) in [5, 5.41) is 6.98. The number of hydrogen-bond acceptors (Lipinski definition) is 7. The fraction of sp³-hybridized carbons (Fsp3) is 0.136. The fourth-order valence-electron chi connectivity index (χ4n) is 2.93. The van der Waals surface area contributed by atoms with Crippen molar-refractivity contribution in [1.29, 1.82) is 0 Å². The van der Waals surface area contributed by atoms with Crippen LogP contribution in [0.15, 0.2) is 58.0 Å². The molecule has 0 saturated heterocycles. The second-order valence-corrected chi connectivity index (χ2v) is 8.09. The number of anilines is 1. The van der Waals surface area contributed by atoms with Gasteiger partial charge in [0.25, 0.3) is 0 Å². The number of methoxy groups -OCH3 is 1. The maximum atomic E-state index is 11.8. The Morgan fingerprint density at radius 1 is 1.17 bits per heavy atom. The van der Waals surface area contributed by atoms with Gasteiger partial charge in [0.15, 0.2) is 0 Å². The van der Waals surface area contributed by atoms with Crippen LogP contribution in [0.2, 0.25) is 5.02 Å². The molecule has 0 aliphatic rings. The molecule has 0 atom stereocenters. The van der Waals surface area contributed by atoms with Gasteiger partial charge >= 0.3 is 5.97 Å². The Bertz CT molecular complexity index is 1310. The largest absolute Gasteiger partial charge is 0.465 e. The highest BCUT2D eigenvalue weighted by Gasteiger charge is 2.15. The van der Waals surface area contributed by atoms with Crippen molar-refractivity contribution >= 4 is 45.0 Å². The predicted molar refractivity (Wildman–Crippen MR) is 119 cm³/mol. The second kappa shape index (κ2) is 8.30. The lowest BCUT2D eigenvalue weighted by Gasteiger charge is -2.06. The van der Waals surface area contributed by atoms with Gasteiger partial charge in [-0.05, 0) is 32.0 Å². The van der Waals surface area contributed by atoms with E-state index in [0.29, 0.717) is 37.4 Å². The van der Waals surface area contributed by atoms with Crippen LogP contribution in [0.1, 0.15) is 20.9 Å². The van der Waals surface area contributed by atoms with E-state index in [2.05, 4.69) is 15.5 Å². The van der Waals surface area contributed by atoms with Crippen molar-refractivity contribution in [2.45, 2.75) is 13.8 Å². The number of benzene rings is 2. The molecule has 152 valence electrons. The Labute approximate surface area is 181 Å². The normalized spacial score (nSPS) is 11.7. The maximum absolute atomic E-state index is 11.8. The summed E-state index contributed by atoms with van der Waals surface area (Å²) in [6.45, 7) is 3.78. The van der Waals surface area contributed by atoms with Crippen molar-refractivity contribution in [3.05, 3.63) is 75.0 Å². The molecule has 4 aromatic rings. The number of esters is 1. The van der Waals surface area contributed by atoms with Crippen LogP contribution in [0.5, 0.6) is 0 Å². The molecule has 8 heteroatoms. The van der Waals surface area contributed by atoms with Gasteiger partial charge in [0.1, 0.15) is 16.2 Å². The molecule has 2 heterocycles. The first-order chi connectivity index (χ1) is 14.4. The van der Waals surface area contributed by atoms with Gasteiger partial charge in [0.05, 0.1) is 18.2 Å². The third kappa shape index (κ3) is 4.08. The van der Waals surface area contributed by atoms with Gasteiger partial charge in [-0.2, -0.15) is 5.10 Å². The zero-order chi connectivity index (χ0) is 21.3. The summed E-state index contributed by atoms with van der Waals surface area (Å²) in [7, 11) is 1.34. The van der Waals surface area contributed by atoms with Crippen LogP contribution < -0.4 is 10.8 Å². The van der Waals surface area contributed by atoms with E-state index in [1.807, 2.05) is 43.3 Å². The molecule has 0 spiro atoms.